The van der Waals surface area contributed by atoms with Gasteiger partial charge in [-0.05, 0) is 51.0 Å². The summed E-state index contributed by atoms with van der Waals surface area (Å²) in [5.74, 6) is 1.19. The summed E-state index contributed by atoms with van der Waals surface area (Å²) >= 11 is 0. The van der Waals surface area contributed by atoms with E-state index in [1.165, 1.54) is 33.7 Å². The van der Waals surface area contributed by atoms with Crippen LogP contribution in [0.15, 0.2) is 47.5 Å². The summed E-state index contributed by atoms with van der Waals surface area (Å²) in [5.41, 5.74) is 8.60. The minimum atomic E-state index is 0.213. The van der Waals surface area contributed by atoms with Gasteiger partial charge in [-0.15, -0.1) is 0 Å². The van der Waals surface area contributed by atoms with Crippen molar-refractivity contribution in [1.82, 2.24) is 0 Å². The normalized spacial score (nSPS) is 13.9. The van der Waals surface area contributed by atoms with Gasteiger partial charge in [-0.25, -0.2) is 0 Å². The number of fused-ring (bicyclic) bond motifs is 1. The molecule has 2 aromatic carbocycles. The Morgan fingerprint density at radius 3 is 1.66 bits per heavy atom. The summed E-state index contributed by atoms with van der Waals surface area (Å²) in [6.45, 7) is 22.4. The van der Waals surface area contributed by atoms with Gasteiger partial charge in [-0.1, -0.05) is 106 Å². The minimum absolute atomic E-state index is 0.213. The largest absolute Gasteiger partial charge is 0.257 e. The first-order chi connectivity index (χ1) is 13.3. The van der Waals surface area contributed by atoms with Gasteiger partial charge in [0, 0.05) is 12.1 Å². The van der Waals surface area contributed by atoms with Crippen LogP contribution in [0.3, 0.4) is 0 Å². The van der Waals surface area contributed by atoms with Crippen molar-refractivity contribution < 1.29 is 0 Å². The molecule has 1 aliphatic heterocycles. The third-order valence-electron chi connectivity index (χ3n) is 5.70. The van der Waals surface area contributed by atoms with Crippen LogP contribution in [0.2, 0.25) is 0 Å². The molecule has 0 bridgehead atoms. The van der Waals surface area contributed by atoms with Crippen LogP contribution in [0.25, 0.3) is 0 Å². The highest BCUT2D eigenvalue weighted by molar-refractivity contribution is 5.95. The number of nitrogens with zero attached hydrogens (tertiary/aromatic N) is 1. The number of rotatable bonds is 2. The summed E-state index contributed by atoms with van der Waals surface area (Å²) in [6.07, 6.45) is 1.04. The van der Waals surface area contributed by atoms with Crippen molar-refractivity contribution in [3.05, 3.63) is 64.7 Å². The molecule has 0 atom stereocenters. The summed E-state index contributed by atoms with van der Waals surface area (Å²) in [6, 6.07) is 15.7. The number of hydrogen-bond donors (Lipinski definition) is 0. The molecule has 1 heteroatoms. The van der Waals surface area contributed by atoms with E-state index in [2.05, 4.69) is 112 Å². The minimum Gasteiger partial charge on any atom is -0.257 e. The van der Waals surface area contributed by atoms with Crippen LogP contribution in [0.1, 0.15) is 97.4 Å². The van der Waals surface area contributed by atoms with Crippen LogP contribution in [-0.2, 0) is 17.3 Å². The van der Waals surface area contributed by atoms with Gasteiger partial charge in [0.2, 0.25) is 0 Å². The SMILES string of the molecule is CC(C)C1=Nc2cc(C(C)(C)C)ccc2C1.CC(C)c1ccc(C(C)(C)C)cc1. The fraction of sp³-hybridized carbons (Fsp3) is 0.536. The molecule has 158 valence electrons. The van der Waals surface area contributed by atoms with E-state index >= 15 is 0 Å². The molecule has 3 rings (SSSR count). The van der Waals surface area contributed by atoms with Crippen molar-refractivity contribution in [2.24, 2.45) is 10.9 Å². The van der Waals surface area contributed by atoms with E-state index in [4.69, 9.17) is 4.99 Å². The van der Waals surface area contributed by atoms with E-state index in [1.54, 1.807) is 0 Å². The summed E-state index contributed by atoms with van der Waals surface area (Å²) < 4.78 is 0. The van der Waals surface area contributed by atoms with E-state index in [0.717, 1.165) is 6.42 Å². The lowest BCUT2D eigenvalue weighted by Crippen LogP contribution is -2.10. The lowest BCUT2D eigenvalue weighted by atomic mass is 9.86. The molecule has 0 saturated heterocycles. The highest BCUT2D eigenvalue weighted by Gasteiger charge is 2.20. The van der Waals surface area contributed by atoms with E-state index < -0.39 is 0 Å². The Morgan fingerprint density at radius 1 is 0.690 bits per heavy atom. The first-order valence-electron chi connectivity index (χ1n) is 11.1. The Morgan fingerprint density at radius 2 is 1.21 bits per heavy atom. The molecular formula is C28H41N. The quantitative estimate of drug-likeness (QED) is 0.487. The van der Waals surface area contributed by atoms with Crippen molar-refractivity contribution in [2.45, 2.75) is 92.4 Å². The molecular weight excluding hydrogens is 350 g/mol. The van der Waals surface area contributed by atoms with Gasteiger partial charge in [-0.3, -0.25) is 4.99 Å². The number of aliphatic imine (C=N–C) groups is 1. The Kier molecular flexibility index (Phi) is 7.14. The first kappa shape index (κ1) is 23.4. The molecule has 1 nitrogen and oxygen atoms in total. The second-order valence-corrected chi connectivity index (χ2v) is 11.1. The third-order valence-corrected chi connectivity index (χ3v) is 5.70. The highest BCUT2D eigenvalue weighted by atomic mass is 14.8. The molecule has 0 amide bonds. The van der Waals surface area contributed by atoms with Crippen LogP contribution in [0, 0.1) is 5.92 Å². The Hall–Kier alpha value is -1.89. The van der Waals surface area contributed by atoms with Crippen LogP contribution < -0.4 is 0 Å². The molecule has 0 spiro atoms. The van der Waals surface area contributed by atoms with Crippen LogP contribution in [0.4, 0.5) is 5.69 Å². The van der Waals surface area contributed by atoms with Gasteiger partial charge in [0.1, 0.15) is 0 Å². The molecule has 1 heterocycles. The van der Waals surface area contributed by atoms with Gasteiger partial charge in [0.15, 0.2) is 0 Å². The number of hydrogen-bond acceptors (Lipinski definition) is 1. The fourth-order valence-electron chi connectivity index (χ4n) is 3.37. The average molecular weight is 392 g/mol. The molecule has 0 fully saturated rings. The lowest BCUT2D eigenvalue weighted by Gasteiger charge is -2.19. The predicted octanol–water partition coefficient (Wildman–Crippen LogP) is 8.38. The molecule has 2 aromatic rings. The van der Waals surface area contributed by atoms with Crippen molar-refractivity contribution in [1.29, 1.82) is 0 Å². The molecule has 0 radical (unpaired) electrons. The second-order valence-electron chi connectivity index (χ2n) is 11.1. The fourth-order valence-corrected chi connectivity index (χ4v) is 3.37. The van der Waals surface area contributed by atoms with Gasteiger partial charge in [0.05, 0.1) is 5.69 Å². The van der Waals surface area contributed by atoms with E-state index in [9.17, 15) is 0 Å². The van der Waals surface area contributed by atoms with Gasteiger partial charge in [-0.2, -0.15) is 0 Å². The molecule has 29 heavy (non-hydrogen) atoms. The van der Waals surface area contributed by atoms with Gasteiger partial charge < -0.3 is 0 Å². The maximum absolute atomic E-state index is 4.74. The zero-order chi connectivity index (χ0) is 22.0. The van der Waals surface area contributed by atoms with E-state index in [-0.39, 0.29) is 10.8 Å². The Labute approximate surface area is 179 Å². The Bertz CT molecular complexity index is 837. The van der Waals surface area contributed by atoms with Crippen molar-refractivity contribution in [3.63, 3.8) is 0 Å². The smallest absolute Gasteiger partial charge is 0.0668 e. The predicted molar refractivity (Wildman–Crippen MR) is 130 cm³/mol. The molecule has 1 aliphatic rings. The molecule has 0 aromatic heterocycles. The van der Waals surface area contributed by atoms with Crippen molar-refractivity contribution >= 4 is 11.4 Å². The average Bonchev–Trinajstić information content (AvgIpc) is 3.04. The van der Waals surface area contributed by atoms with E-state index in [0.29, 0.717) is 11.8 Å². The third kappa shape index (κ3) is 6.29. The monoisotopic (exact) mass is 391 g/mol. The van der Waals surface area contributed by atoms with Gasteiger partial charge in [0.25, 0.3) is 0 Å². The highest BCUT2D eigenvalue weighted by Crippen LogP contribution is 2.33. The molecule has 0 unspecified atom stereocenters. The second kappa shape index (κ2) is 8.86. The molecule has 0 saturated carbocycles. The summed E-state index contributed by atoms with van der Waals surface area (Å²) in [7, 11) is 0. The van der Waals surface area contributed by atoms with Crippen LogP contribution >= 0.6 is 0 Å². The van der Waals surface area contributed by atoms with Crippen molar-refractivity contribution in [3.8, 4) is 0 Å². The lowest BCUT2D eigenvalue weighted by molar-refractivity contribution is 0.589. The maximum atomic E-state index is 4.74. The maximum Gasteiger partial charge on any atom is 0.0668 e. The summed E-state index contributed by atoms with van der Waals surface area (Å²) in [5, 5.41) is 0. The zero-order valence-electron chi connectivity index (χ0n) is 20.4. The van der Waals surface area contributed by atoms with E-state index in [1.807, 2.05) is 0 Å². The molecule has 0 aliphatic carbocycles. The standard InChI is InChI=1S/C15H21N.C13H20/c1-10(2)13-8-11-6-7-12(15(3,4)5)9-14(11)16-13;1-10(2)11-6-8-12(9-7-11)13(3,4)5/h6-7,9-10H,8H2,1-5H3;6-10H,1-5H3. The molecule has 0 N–H and O–H groups in total. The summed E-state index contributed by atoms with van der Waals surface area (Å²) in [4.78, 5) is 4.74. The first-order valence-corrected chi connectivity index (χ1v) is 11.1. The zero-order valence-corrected chi connectivity index (χ0v) is 20.4. The van der Waals surface area contributed by atoms with Gasteiger partial charge >= 0.3 is 0 Å². The Balaban J connectivity index is 0.000000212. The topological polar surface area (TPSA) is 12.4 Å². The number of benzene rings is 2. The van der Waals surface area contributed by atoms with Crippen LogP contribution in [-0.4, -0.2) is 5.71 Å². The van der Waals surface area contributed by atoms with Crippen molar-refractivity contribution in [2.75, 3.05) is 0 Å². The van der Waals surface area contributed by atoms with Crippen LogP contribution in [0.5, 0.6) is 0 Å².